The minimum atomic E-state index is -0.287. The molecule has 0 aliphatic carbocycles. The van der Waals surface area contributed by atoms with Crippen molar-refractivity contribution >= 4 is 11.6 Å². The molecular weight excluding hydrogens is 350 g/mol. The molecule has 0 aliphatic rings. The number of nitrogens with zero attached hydrogens (tertiary/aromatic N) is 3. The largest absolute Gasteiger partial charge is 0.497 e. The van der Waals surface area contributed by atoms with Gasteiger partial charge < -0.3 is 19.5 Å². The van der Waals surface area contributed by atoms with Gasteiger partial charge in [-0.2, -0.15) is 5.21 Å². The first-order chi connectivity index (χ1) is 13.2. The van der Waals surface area contributed by atoms with Gasteiger partial charge in [0.25, 0.3) is 5.91 Å². The predicted molar refractivity (Wildman–Crippen MR) is 97.9 cm³/mol. The average Bonchev–Trinajstić information content (AvgIpc) is 3.22. The fraction of sp³-hybridized carbons (Fsp3) is 0.222. The van der Waals surface area contributed by atoms with E-state index in [1.54, 1.807) is 49.6 Å². The van der Waals surface area contributed by atoms with Crippen LogP contribution in [0.4, 0.5) is 5.69 Å². The highest BCUT2D eigenvalue weighted by Crippen LogP contribution is 2.31. The maximum atomic E-state index is 12.1. The third-order valence-corrected chi connectivity index (χ3v) is 3.58. The van der Waals surface area contributed by atoms with E-state index in [0.29, 0.717) is 35.4 Å². The van der Waals surface area contributed by atoms with Crippen molar-refractivity contribution in [1.29, 1.82) is 0 Å². The number of carbonyl (C=O) groups excluding carboxylic acids is 1. The number of hydrogen-bond donors (Lipinski definition) is 2. The first kappa shape index (κ1) is 18.2. The maximum absolute atomic E-state index is 12.1. The van der Waals surface area contributed by atoms with E-state index in [4.69, 9.17) is 14.2 Å². The minimum absolute atomic E-state index is 0.159. The molecule has 1 amide bonds. The molecule has 0 bridgehead atoms. The number of tetrazole rings is 1. The van der Waals surface area contributed by atoms with E-state index in [-0.39, 0.29) is 12.5 Å². The molecule has 2 aromatic carbocycles. The van der Waals surface area contributed by atoms with Gasteiger partial charge in [-0.05, 0) is 54.6 Å². The van der Waals surface area contributed by atoms with Crippen LogP contribution in [-0.2, 0) is 4.79 Å². The molecule has 3 aromatic rings. The van der Waals surface area contributed by atoms with E-state index in [1.165, 1.54) is 0 Å². The fourth-order valence-corrected chi connectivity index (χ4v) is 2.33. The first-order valence-corrected chi connectivity index (χ1v) is 8.27. The summed E-state index contributed by atoms with van der Waals surface area (Å²) >= 11 is 0. The van der Waals surface area contributed by atoms with Gasteiger partial charge in [0, 0.05) is 11.3 Å². The number of H-pyrrole nitrogens is 1. The number of methoxy groups -OCH3 is 1. The maximum Gasteiger partial charge on any atom is 0.262 e. The van der Waals surface area contributed by atoms with Crippen molar-refractivity contribution in [3.05, 3.63) is 42.5 Å². The van der Waals surface area contributed by atoms with Gasteiger partial charge in [-0.3, -0.25) is 4.79 Å². The second-order valence-electron chi connectivity index (χ2n) is 5.40. The highest BCUT2D eigenvalue weighted by molar-refractivity contribution is 5.92. The molecule has 140 valence electrons. The highest BCUT2D eigenvalue weighted by Gasteiger charge is 2.12. The van der Waals surface area contributed by atoms with Crippen LogP contribution in [0.1, 0.15) is 6.92 Å². The Bertz CT molecular complexity index is 881. The molecule has 0 saturated heterocycles. The number of amides is 1. The van der Waals surface area contributed by atoms with Gasteiger partial charge in [0.1, 0.15) is 5.75 Å². The van der Waals surface area contributed by atoms with Gasteiger partial charge in [0.2, 0.25) is 5.82 Å². The van der Waals surface area contributed by atoms with E-state index in [1.807, 2.05) is 6.92 Å². The number of aromatic amines is 1. The van der Waals surface area contributed by atoms with Crippen LogP contribution in [0.3, 0.4) is 0 Å². The summed E-state index contributed by atoms with van der Waals surface area (Å²) in [5.74, 6) is 1.82. The second-order valence-corrected chi connectivity index (χ2v) is 5.40. The molecule has 2 N–H and O–H groups in total. The van der Waals surface area contributed by atoms with E-state index < -0.39 is 0 Å². The lowest BCUT2D eigenvalue weighted by atomic mass is 10.2. The molecule has 0 unspecified atom stereocenters. The van der Waals surface area contributed by atoms with E-state index in [0.717, 1.165) is 5.56 Å². The van der Waals surface area contributed by atoms with Gasteiger partial charge in [-0.15, -0.1) is 10.2 Å². The zero-order valence-electron chi connectivity index (χ0n) is 14.9. The molecule has 1 heterocycles. The topological polar surface area (TPSA) is 111 Å². The molecule has 0 atom stereocenters. The standard InChI is InChI=1S/C18H19N5O4/c1-3-26-16-10-12(18-20-22-23-21-18)4-9-15(16)27-11-17(24)19-13-5-7-14(25-2)8-6-13/h4-10H,3,11H2,1-2H3,(H,19,24)(H,20,21,22,23). The normalized spacial score (nSPS) is 10.3. The Labute approximate surface area is 155 Å². The number of nitrogens with one attached hydrogen (secondary N) is 2. The number of aromatic nitrogens is 4. The number of rotatable bonds is 8. The average molecular weight is 369 g/mol. The van der Waals surface area contributed by atoms with Crippen LogP contribution in [0.2, 0.25) is 0 Å². The smallest absolute Gasteiger partial charge is 0.262 e. The van der Waals surface area contributed by atoms with Crippen LogP contribution in [0.5, 0.6) is 17.2 Å². The van der Waals surface area contributed by atoms with Crippen LogP contribution in [0.25, 0.3) is 11.4 Å². The van der Waals surface area contributed by atoms with Crippen molar-refractivity contribution in [1.82, 2.24) is 20.6 Å². The van der Waals surface area contributed by atoms with Crippen LogP contribution < -0.4 is 19.5 Å². The zero-order chi connectivity index (χ0) is 19.1. The molecule has 9 heteroatoms. The summed E-state index contributed by atoms with van der Waals surface area (Å²) in [6, 6.07) is 12.2. The van der Waals surface area contributed by atoms with Crippen molar-refractivity contribution in [3.63, 3.8) is 0 Å². The van der Waals surface area contributed by atoms with Gasteiger partial charge in [-0.1, -0.05) is 0 Å². The monoisotopic (exact) mass is 369 g/mol. The Kier molecular flexibility index (Phi) is 5.83. The summed E-state index contributed by atoms with van der Waals surface area (Å²) in [7, 11) is 1.58. The lowest BCUT2D eigenvalue weighted by Gasteiger charge is -2.13. The molecule has 3 rings (SSSR count). The highest BCUT2D eigenvalue weighted by atomic mass is 16.5. The van der Waals surface area contributed by atoms with Gasteiger partial charge >= 0.3 is 0 Å². The summed E-state index contributed by atoms with van der Waals surface area (Å²) in [6.07, 6.45) is 0. The number of benzene rings is 2. The van der Waals surface area contributed by atoms with Crippen molar-refractivity contribution in [2.45, 2.75) is 6.92 Å². The SMILES string of the molecule is CCOc1cc(-c2nn[nH]n2)ccc1OCC(=O)Nc1ccc(OC)cc1. The van der Waals surface area contributed by atoms with E-state index in [9.17, 15) is 4.79 Å². The zero-order valence-corrected chi connectivity index (χ0v) is 14.9. The van der Waals surface area contributed by atoms with Gasteiger partial charge in [0.05, 0.1) is 13.7 Å². The summed E-state index contributed by atoms with van der Waals surface area (Å²) in [5, 5.41) is 16.6. The molecule has 0 saturated carbocycles. The molecule has 0 fully saturated rings. The molecule has 0 aliphatic heterocycles. The Morgan fingerprint density at radius 1 is 1.11 bits per heavy atom. The number of carbonyl (C=O) groups is 1. The van der Waals surface area contributed by atoms with E-state index in [2.05, 4.69) is 25.9 Å². The summed E-state index contributed by atoms with van der Waals surface area (Å²) < 4.78 is 16.3. The van der Waals surface area contributed by atoms with Crippen LogP contribution in [-0.4, -0.2) is 46.9 Å². The van der Waals surface area contributed by atoms with Crippen molar-refractivity contribution in [2.24, 2.45) is 0 Å². The van der Waals surface area contributed by atoms with Gasteiger partial charge in [-0.25, -0.2) is 0 Å². The fourth-order valence-electron chi connectivity index (χ4n) is 2.33. The lowest BCUT2D eigenvalue weighted by molar-refractivity contribution is -0.118. The predicted octanol–water partition coefficient (Wildman–Crippen LogP) is 2.29. The van der Waals surface area contributed by atoms with Crippen LogP contribution >= 0.6 is 0 Å². The summed E-state index contributed by atoms with van der Waals surface area (Å²) in [6.45, 7) is 2.15. The Morgan fingerprint density at radius 2 is 1.93 bits per heavy atom. The first-order valence-electron chi connectivity index (χ1n) is 8.27. The quantitative estimate of drug-likeness (QED) is 0.626. The summed E-state index contributed by atoms with van der Waals surface area (Å²) in [5.41, 5.74) is 1.38. The van der Waals surface area contributed by atoms with Crippen molar-refractivity contribution < 1.29 is 19.0 Å². The Morgan fingerprint density at radius 3 is 2.59 bits per heavy atom. The lowest BCUT2D eigenvalue weighted by Crippen LogP contribution is -2.20. The van der Waals surface area contributed by atoms with Crippen molar-refractivity contribution in [3.8, 4) is 28.6 Å². The Hall–Kier alpha value is -3.62. The number of hydrogen-bond acceptors (Lipinski definition) is 7. The number of anilines is 1. The summed E-state index contributed by atoms with van der Waals surface area (Å²) in [4.78, 5) is 12.1. The van der Waals surface area contributed by atoms with Crippen molar-refractivity contribution in [2.75, 3.05) is 25.6 Å². The second kappa shape index (κ2) is 8.65. The molecule has 0 radical (unpaired) electrons. The molecule has 1 aromatic heterocycles. The third kappa shape index (κ3) is 4.72. The number of ether oxygens (including phenoxy) is 3. The molecule has 27 heavy (non-hydrogen) atoms. The Balaban J connectivity index is 1.64. The molecule has 0 spiro atoms. The van der Waals surface area contributed by atoms with Crippen LogP contribution in [0.15, 0.2) is 42.5 Å². The molecular formula is C18H19N5O4. The minimum Gasteiger partial charge on any atom is -0.497 e. The van der Waals surface area contributed by atoms with Gasteiger partial charge in [0.15, 0.2) is 18.1 Å². The van der Waals surface area contributed by atoms with Crippen LogP contribution in [0, 0.1) is 0 Å². The third-order valence-electron chi connectivity index (χ3n) is 3.58. The van der Waals surface area contributed by atoms with E-state index >= 15 is 0 Å². The molecule has 9 nitrogen and oxygen atoms in total.